The Hall–Kier alpha value is -1.94. The van der Waals surface area contributed by atoms with E-state index in [0.717, 1.165) is 0 Å². The molecule has 1 N–H and O–H groups in total. The second-order valence-electron chi connectivity index (χ2n) is 7.99. The standard InChI is InChI=1S/C24H32O2Si/c1-6-20(2)23(25)18-13-19-26-27(24(3,4)5,21-14-9-7-10-15-21)22-16-11-8-12-17-22/h6-18,20,23,25H,1,19H2,2-5H3/b18-13+/t20-,23-/m0/s1. The summed E-state index contributed by atoms with van der Waals surface area (Å²) in [6.45, 7) is 12.9. The first-order valence-electron chi connectivity index (χ1n) is 9.55. The van der Waals surface area contributed by atoms with Crippen LogP contribution in [0.2, 0.25) is 5.04 Å². The summed E-state index contributed by atoms with van der Waals surface area (Å²) >= 11 is 0. The van der Waals surface area contributed by atoms with Gasteiger partial charge < -0.3 is 9.53 Å². The van der Waals surface area contributed by atoms with Gasteiger partial charge in [-0.2, -0.15) is 0 Å². The maximum absolute atomic E-state index is 10.1. The molecule has 0 aliphatic heterocycles. The Kier molecular flexibility index (Phi) is 7.37. The van der Waals surface area contributed by atoms with Crippen molar-refractivity contribution >= 4 is 18.7 Å². The Bertz CT molecular complexity index is 692. The van der Waals surface area contributed by atoms with Gasteiger partial charge in [0.15, 0.2) is 0 Å². The third-order valence-corrected chi connectivity index (χ3v) is 10.1. The molecule has 0 fully saturated rings. The van der Waals surface area contributed by atoms with Crippen LogP contribution in [0.25, 0.3) is 0 Å². The lowest BCUT2D eigenvalue weighted by atomic mass is 10.1. The predicted molar refractivity (Wildman–Crippen MR) is 118 cm³/mol. The molecule has 27 heavy (non-hydrogen) atoms. The highest BCUT2D eigenvalue weighted by Crippen LogP contribution is 2.36. The Labute approximate surface area is 165 Å². The van der Waals surface area contributed by atoms with Gasteiger partial charge in [0.25, 0.3) is 8.32 Å². The zero-order valence-corrected chi connectivity index (χ0v) is 17.9. The summed E-state index contributed by atoms with van der Waals surface area (Å²) < 4.78 is 6.75. The van der Waals surface area contributed by atoms with Crippen molar-refractivity contribution in [1.29, 1.82) is 0 Å². The van der Waals surface area contributed by atoms with Crippen molar-refractivity contribution in [3.05, 3.63) is 85.5 Å². The number of hydrogen-bond donors (Lipinski definition) is 1. The Morgan fingerprint density at radius 1 is 1.00 bits per heavy atom. The van der Waals surface area contributed by atoms with Gasteiger partial charge in [-0.05, 0) is 15.4 Å². The first-order valence-corrected chi connectivity index (χ1v) is 11.5. The molecule has 0 aliphatic carbocycles. The van der Waals surface area contributed by atoms with Gasteiger partial charge in [0, 0.05) is 5.92 Å². The van der Waals surface area contributed by atoms with E-state index in [1.54, 1.807) is 6.08 Å². The van der Waals surface area contributed by atoms with E-state index in [9.17, 15) is 5.11 Å². The van der Waals surface area contributed by atoms with E-state index in [4.69, 9.17) is 4.43 Å². The first kappa shape index (κ1) is 21.4. The highest BCUT2D eigenvalue weighted by molar-refractivity contribution is 6.99. The normalized spacial score (nSPS) is 14.9. The van der Waals surface area contributed by atoms with Crippen LogP contribution in [0, 0.1) is 5.92 Å². The van der Waals surface area contributed by atoms with Crippen molar-refractivity contribution in [2.75, 3.05) is 6.61 Å². The van der Waals surface area contributed by atoms with Crippen LogP contribution in [-0.2, 0) is 4.43 Å². The summed E-state index contributed by atoms with van der Waals surface area (Å²) in [5.41, 5.74) is 0. The number of rotatable bonds is 8. The molecule has 2 aromatic carbocycles. The summed E-state index contributed by atoms with van der Waals surface area (Å²) in [6, 6.07) is 21.2. The Morgan fingerprint density at radius 2 is 1.48 bits per heavy atom. The quantitative estimate of drug-likeness (QED) is 0.546. The van der Waals surface area contributed by atoms with Gasteiger partial charge in [0.05, 0.1) is 12.7 Å². The van der Waals surface area contributed by atoms with Crippen molar-refractivity contribution < 1.29 is 9.53 Å². The smallest absolute Gasteiger partial charge is 0.261 e. The predicted octanol–water partition coefficient (Wildman–Crippen LogP) is 4.30. The molecule has 2 atom stereocenters. The molecule has 0 saturated carbocycles. The molecule has 3 heteroatoms. The number of hydrogen-bond acceptors (Lipinski definition) is 2. The fourth-order valence-corrected chi connectivity index (χ4v) is 7.95. The van der Waals surface area contributed by atoms with Crippen LogP contribution in [-0.4, -0.2) is 26.1 Å². The van der Waals surface area contributed by atoms with Crippen LogP contribution in [0.5, 0.6) is 0 Å². The SMILES string of the molecule is C=C[C@H](C)[C@@H](O)/C=C/CO[Si](c1ccccc1)(c1ccccc1)C(C)(C)C. The topological polar surface area (TPSA) is 29.5 Å². The maximum Gasteiger partial charge on any atom is 0.261 e. The number of aliphatic hydroxyl groups is 1. The van der Waals surface area contributed by atoms with E-state index in [-0.39, 0.29) is 11.0 Å². The summed E-state index contributed by atoms with van der Waals surface area (Å²) in [6.07, 6.45) is 4.97. The molecule has 2 rings (SSSR count). The van der Waals surface area contributed by atoms with Gasteiger partial charge in [0.2, 0.25) is 0 Å². The van der Waals surface area contributed by atoms with Gasteiger partial charge in [-0.1, -0.05) is 107 Å². The fraction of sp³-hybridized carbons (Fsp3) is 0.333. The van der Waals surface area contributed by atoms with Crippen molar-refractivity contribution in [3.63, 3.8) is 0 Å². The third kappa shape index (κ3) is 4.86. The summed E-state index contributed by atoms with van der Waals surface area (Å²) in [4.78, 5) is 0. The van der Waals surface area contributed by atoms with Gasteiger partial charge in [0.1, 0.15) is 0 Å². The third-order valence-electron chi connectivity index (χ3n) is 5.06. The lowest BCUT2D eigenvalue weighted by molar-refractivity contribution is 0.184. The summed E-state index contributed by atoms with van der Waals surface area (Å²) in [5.74, 6) is 0.0223. The van der Waals surface area contributed by atoms with Crippen molar-refractivity contribution in [2.45, 2.75) is 38.8 Å². The molecule has 0 unspecified atom stereocenters. The van der Waals surface area contributed by atoms with E-state index in [0.29, 0.717) is 6.61 Å². The molecule has 144 valence electrons. The fourth-order valence-electron chi connectivity index (χ4n) is 3.44. The molecule has 0 spiro atoms. The molecule has 0 heterocycles. The average Bonchev–Trinajstić information content (AvgIpc) is 2.67. The number of benzene rings is 2. The largest absolute Gasteiger partial charge is 0.404 e. The zero-order chi connectivity index (χ0) is 19.9. The molecule has 0 aliphatic rings. The van der Waals surface area contributed by atoms with Gasteiger partial charge >= 0.3 is 0 Å². The lowest BCUT2D eigenvalue weighted by Crippen LogP contribution is -2.66. The van der Waals surface area contributed by atoms with Gasteiger partial charge in [-0.15, -0.1) is 6.58 Å². The molecular weight excluding hydrogens is 348 g/mol. The molecular formula is C24H32O2Si. The van der Waals surface area contributed by atoms with Gasteiger partial charge in [-0.3, -0.25) is 0 Å². The minimum absolute atomic E-state index is 0.0223. The molecule has 0 bridgehead atoms. The molecule has 0 radical (unpaired) electrons. The minimum Gasteiger partial charge on any atom is -0.404 e. The van der Waals surface area contributed by atoms with Crippen LogP contribution in [0.3, 0.4) is 0 Å². The summed E-state index contributed by atoms with van der Waals surface area (Å²) in [5, 5.41) is 12.6. The van der Waals surface area contributed by atoms with E-state index in [1.165, 1.54) is 10.4 Å². The van der Waals surface area contributed by atoms with Crippen LogP contribution in [0.4, 0.5) is 0 Å². The van der Waals surface area contributed by atoms with E-state index in [1.807, 2.05) is 31.2 Å². The monoisotopic (exact) mass is 380 g/mol. The van der Waals surface area contributed by atoms with Gasteiger partial charge in [-0.25, -0.2) is 0 Å². The number of aliphatic hydroxyl groups excluding tert-OH is 1. The van der Waals surface area contributed by atoms with E-state index >= 15 is 0 Å². The first-order chi connectivity index (χ1) is 12.8. The van der Waals surface area contributed by atoms with Crippen molar-refractivity contribution in [3.8, 4) is 0 Å². The zero-order valence-electron chi connectivity index (χ0n) is 16.9. The molecule has 0 amide bonds. The van der Waals surface area contributed by atoms with Crippen LogP contribution >= 0.6 is 0 Å². The highest BCUT2D eigenvalue weighted by atomic mass is 28.4. The summed E-state index contributed by atoms with van der Waals surface area (Å²) in [7, 11) is -2.51. The molecule has 0 saturated heterocycles. The lowest BCUT2D eigenvalue weighted by Gasteiger charge is -2.42. The van der Waals surface area contributed by atoms with Crippen LogP contribution in [0.15, 0.2) is 85.5 Å². The Balaban J connectivity index is 2.41. The highest BCUT2D eigenvalue weighted by Gasteiger charge is 2.49. The van der Waals surface area contributed by atoms with Crippen LogP contribution in [0.1, 0.15) is 27.7 Å². The molecule has 2 nitrogen and oxygen atoms in total. The van der Waals surface area contributed by atoms with E-state index in [2.05, 4.69) is 75.9 Å². The van der Waals surface area contributed by atoms with Crippen LogP contribution < -0.4 is 10.4 Å². The Morgan fingerprint density at radius 3 is 1.89 bits per heavy atom. The second-order valence-corrected chi connectivity index (χ2v) is 12.3. The van der Waals surface area contributed by atoms with E-state index < -0.39 is 14.4 Å². The maximum atomic E-state index is 10.1. The molecule has 2 aromatic rings. The second kappa shape index (κ2) is 9.31. The van der Waals surface area contributed by atoms with Crippen molar-refractivity contribution in [1.82, 2.24) is 0 Å². The van der Waals surface area contributed by atoms with Crippen molar-refractivity contribution in [2.24, 2.45) is 5.92 Å². The average molecular weight is 381 g/mol. The molecule has 0 aromatic heterocycles. The minimum atomic E-state index is -2.51.